The van der Waals surface area contributed by atoms with E-state index in [1.807, 2.05) is 30.3 Å². The first-order chi connectivity index (χ1) is 8.16. The molecule has 2 nitrogen and oxygen atoms in total. The molecule has 88 valence electrons. The monoisotopic (exact) mass is 309 g/mol. The Bertz CT molecular complexity index is 502. The number of hydrogen-bond acceptors (Lipinski definition) is 3. The molecule has 0 bridgehead atoms. The van der Waals surface area contributed by atoms with Crippen LogP contribution in [0.15, 0.2) is 57.0 Å². The summed E-state index contributed by atoms with van der Waals surface area (Å²) in [5.74, 6) is 0. The number of aliphatic hydroxyl groups is 1. The molecule has 0 saturated carbocycles. The van der Waals surface area contributed by atoms with Gasteiger partial charge in [0.1, 0.15) is 0 Å². The Balaban J connectivity index is 2.33. The third-order valence-corrected chi connectivity index (χ3v) is 3.89. The fourth-order valence-electron chi connectivity index (χ4n) is 1.47. The van der Waals surface area contributed by atoms with E-state index in [1.54, 1.807) is 31.1 Å². The van der Waals surface area contributed by atoms with E-state index in [2.05, 4.69) is 20.9 Å². The quantitative estimate of drug-likeness (QED) is 0.928. The third kappa shape index (κ3) is 3.31. The van der Waals surface area contributed by atoms with Gasteiger partial charge >= 0.3 is 0 Å². The largest absolute Gasteiger partial charge is 0.389 e. The highest BCUT2D eigenvalue weighted by Crippen LogP contribution is 2.34. The van der Waals surface area contributed by atoms with E-state index in [4.69, 9.17) is 0 Å². The van der Waals surface area contributed by atoms with Gasteiger partial charge in [0.05, 0.1) is 6.10 Å². The minimum Gasteiger partial charge on any atom is -0.389 e. The molecule has 2 rings (SSSR count). The van der Waals surface area contributed by atoms with Crippen molar-refractivity contribution in [2.45, 2.75) is 22.8 Å². The van der Waals surface area contributed by atoms with Crippen LogP contribution in [0.4, 0.5) is 0 Å². The number of benzene rings is 1. The normalized spacial score (nSPS) is 12.4. The molecule has 4 heteroatoms. The Morgan fingerprint density at radius 2 is 1.94 bits per heavy atom. The van der Waals surface area contributed by atoms with E-state index >= 15 is 0 Å². The fourth-order valence-corrected chi connectivity index (χ4v) is 2.85. The summed E-state index contributed by atoms with van der Waals surface area (Å²) in [5, 5.41) is 9.76. The van der Waals surface area contributed by atoms with Gasteiger partial charge in [-0.25, -0.2) is 0 Å². The summed E-state index contributed by atoms with van der Waals surface area (Å²) in [5.41, 5.74) is 0.932. The van der Waals surface area contributed by atoms with Crippen LogP contribution in [0.5, 0.6) is 0 Å². The van der Waals surface area contributed by atoms with Crippen molar-refractivity contribution in [2.75, 3.05) is 0 Å². The van der Waals surface area contributed by atoms with E-state index in [0.29, 0.717) is 0 Å². The number of aromatic nitrogens is 1. The van der Waals surface area contributed by atoms with E-state index in [0.717, 1.165) is 19.8 Å². The van der Waals surface area contributed by atoms with Gasteiger partial charge in [0.25, 0.3) is 0 Å². The van der Waals surface area contributed by atoms with Crippen molar-refractivity contribution in [3.05, 3.63) is 52.8 Å². The van der Waals surface area contributed by atoms with Crippen LogP contribution in [-0.4, -0.2) is 10.1 Å². The number of aliphatic hydroxyl groups excluding tert-OH is 1. The zero-order chi connectivity index (χ0) is 12.3. The SMILES string of the molecule is CC(O)c1cc(Br)ccc1Sc1ccncc1. The summed E-state index contributed by atoms with van der Waals surface area (Å²) in [6, 6.07) is 9.86. The Morgan fingerprint density at radius 1 is 1.24 bits per heavy atom. The molecule has 1 aromatic heterocycles. The van der Waals surface area contributed by atoms with Gasteiger partial charge in [-0.05, 0) is 42.8 Å². The molecule has 0 aliphatic heterocycles. The molecule has 0 spiro atoms. The first-order valence-corrected chi connectivity index (χ1v) is 6.83. The van der Waals surface area contributed by atoms with E-state index < -0.39 is 6.10 Å². The van der Waals surface area contributed by atoms with Crippen LogP contribution in [0, 0.1) is 0 Å². The topological polar surface area (TPSA) is 33.1 Å². The average Bonchev–Trinajstić information content (AvgIpc) is 2.32. The molecule has 0 saturated heterocycles. The van der Waals surface area contributed by atoms with E-state index in [-0.39, 0.29) is 0 Å². The van der Waals surface area contributed by atoms with Crippen LogP contribution in [-0.2, 0) is 0 Å². The Kier molecular flexibility index (Phi) is 4.20. The van der Waals surface area contributed by atoms with Gasteiger partial charge in [-0.1, -0.05) is 27.7 Å². The van der Waals surface area contributed by atoms with Crippen LogP contribution in [0.1, 0.15) is 18.6 Å². The lowest BCUT2D eigenvalue weighted by molar-refractivity contribution is 0.196. The molecule has 1 unspecified atom stereocenters. The van der Waals surface area contributed by atoms with Crippen molar-refractivity contribution in [2.24, 2.45) is 0 Å². The maximum Gasteiger partial charge on any atom is 0.0773 e. The van der Waals surface area contributed by atoms with Crippen molar-refractivity contribution >= 4 is 27.7 Å². The summed E-state index contributed by atoms with van der Waals surface area (Å²) in [6.45, 7) is 1.78. The van der Waals surface area contributed by atoms with Crippen molar-refractivity contribution < 1.29 is 5.11 Å². The predicted octanol–water partition coefficient (Wildman–Crippen LogP) is 4.05. The number of nitrogens with zero attached hydrogens (tertiary/aromatic N) is 1. The van der Waals surface area contributed by atoms with Crippen molar-refractivity contribution in [3.8, 4) is 0 Å². The molecular formula is C13H12BrNOS. The summed E-state index contributed by atoms with van der Waals surface area (Å²) < 4.78 is 0.979. The Labute approximate surface area is 113 Å². The molecule has 1 atom stereocenters. The van der Waals surface area contributed by atoms with Crippen LogP contribution in [0.2, 0.25) is 0 Å². The molecule has 17 heavy (non-hydrogen) atoms. The maximum absolute atomic E-state index is 9.76. The number of halogens is 1. The zero-order valence-electron chi connectivity index (χ0n) is 9.30. The van der Waals surface area contributed by atoms with Gasteiger partial charge < -0.3 is 5.11 Å². The van der Waals surface area contributed by atoms with Crippen LogP contribution >= 0.6 is 27.7 Å². The minimum atomic E-state index is -0.475. The molecule has 0 fully saturated rings. The lowest BCUT2D eigenvalue weighted by atomic mass is 10.1. The Hall–Kier alpha value is -0.840. The van der Waals surface area contributed by atoms with Crippen molar-refractivity contribution in [1.82, 2.24) is 4.98 Å². The number of pyridine rings is 1. The van der Waals surface area contributed by atoms with Crippen molar-refractivity contribution in [1.29, 1.82) is 0 Å². The van der Waals surface area contributed by atoms with Gasteiger partial charge in [-0.2, -0.15) is 0 Å². The molecule has 0 amide bonds. The first kappa shape index (κ1) is 12.6. The smallest absolute Gasteiger partial charge is 0.0773 e. The van der Waals surface area contributed by atoms with Gasteiger partial charge in [-0.3, -0.25) is 4.98 Å². The minimum absolute atomic E-state index is 0.475. The van der Waals surface area contributed by atoms with Crippen molar-refractivity contribution in [3.63, 3.8) is 0 Å². The van der Waals surface area contributed by atoms with Gasteiger partial charge in [0.2, 0.25) is 0 Å². The standard InChI is InChI=1S/C13H12BrNOS/c1-9(16)12-8-10(14)2-3-13(12)17-11-4-6-15-7-5-11/h2-9,16H,1H3. The summed E-state index contributed by atoms with van der Waals surface area (Å²) >= 11 is 5.05. The molecule has 1 N–H and O–H groups in total. The van der Waals surface area contributed by atoms with Crippen LogP contribution < -0.4 is 0 Å². The summed E-state index contributed by atoms with van der Waals surface area (Å²) in [4.78, 5) is 6.17. The molecule has 0 aliphatic rings. The van der Waals surface area contributed by atoms with E-state index in [9.17, 15) is 5.11 Å². The lowest BCUT2D eigenvalue weighted by Crippen LogP contribution is -1.94. The molecular weight excluding hydrogens is 298 g/mol. The highest BCUT2D eigenvalue weighted by atomic mass is 79.9. The highest BCUT2D eigenvalue weighted by molar-refractivity contribution is 9.10. The average molecular weight is 310 g/mol. The van der Waals surface area contributed by atoms with Gasteiger partial charge in [0, 0.05) is 26.7 Å². The van der Waals surface area contributed by atoms with Gasteiger partial charge in [0.15, 0.2) is 0 Å². The second-order valence-corrected chi connectivity index (χ2v) is 5.67. The summed E-state index contributed by atoms with van der Waals surface area (Å²) in [7, 11) is 0. The lowest BCUT2D eigenvalue weighted by Gasteiger charge is -2.12. The second kappa shape index (κ2) is 5.67. The predicted molar refractivity (Wildman–Crippen MR) is 73.1 cm³/mol. The molecule has 2 aromatic rings. The maximum atomic E-state index is 9.76. The second-order valence-electron chi connectivity index (χ2n) is 3.64. The molecule has 0 radical (unpaired) electrons. The summed E-state index contributed by atoms with van der Waals surface area (Å²) in [6.07, 6.45) is 3.06. The van der Waals surface area contributed by atoms with Crippen LogP contribution in [0.25, 0.3) is 0 Å². The Morgan fingerprint density at radius 3 is 2.59 bits per heavy atom. The van der Waals surface area contributed by atoms with E-state index in [1.165, 1.54) is 0 Å². The first-order valence-electron chi connectivity index (χ1n) is 5.22. The highest BCUT2D eigenvalue weighted by Gasteiger charge is 2.09. The number of rotatable bonds is 3. The van der Waals surface area contributed by atoms with Crippen LogP contribution in [0.3, 0.4) is 0 Å². The fraction of sp³-hybridized carbons (Fsp3) is 0.154. The van der Waals surface area contributed by atoms with Gasteiger partial charge in [-0.15, -0.1) is 0 Å². The molecule has 0 aliphatic carbocycles. The third-order valence-electron chi connectivity index (χ3n) is 2.30. The number of hydrogen-bond donors (Lipinski definition) is 1. The molecule has 1 aromatic carbocycles. The molecule has 1 heterocycles. The zero-order valence-corrected chi connectivity index (χ0v) is 11.7.